The third kappa shape index (κ3) is 142. The van der Waals surface area contributed by atoms with E-state index < -0.39 is 35.9 Å². The van der Waals surface area contributed by atoms with E-state index in [0.717, 1.165) is 56.7 Å². The fourth-order valence-corrected chi connectivity index (χ4v) is 24.0. The van der Waals surface area contributed by atoms with E-state index in [9.17, 15) is 26.3 Å². The Hall–Kier alpha value is 3.36. The van der Waals surface area contributed by atoms with Gasteiger partial charge in [0.15, 0.2) is 0 Å². The van der Waals surface area contributed by atoms with Gasteiger partial charge in [-0.25, -0.2) is 0 Å². The molecule has 0 aliphatic rings. The van der Waals surface area contributed by atoms with Crippen LogP contribution in [0.3, 0.4) is 0 Å². The van der Waals surface area contributed by atoms with Crippen molar-refractivity contribution in [1.82, 2.24) is 0 Å². The number of halogens is 6. The van der Waals surface area contributed by atoms with Crippen molar-refractivity contribution in [3.63, 3.8) is 0 Å². The van der Waals surface area contributed by atoms with E-state index in [1.807, 2.05) is 0 Å². The first kappa shape index (κ1) is 109. The van der Waals surface area contributed by atoms with Crippen LogP contribution in [0.4, 0.5) is 26.3 Å². The Balaban J connectivity index is -0.000000114. The molecule has 0 radical (unpaired) electrons. The minimum absolute atomic E-state index is 0.0605. The standard InChI is InChI=1S/C10H24F2OSi2.C9H24Si2.C8H20F2OSi2.2C7H20Si2.C6H16F2OSi2.2C5H16Si2.C3H12Si2/c1-14(2)8-5-6-10(11,12)13-7-9-15(3)4;1-10(2)8-6-5-7-9-11(3)4;1-12-6-3-4-8(9,10)11-5-7-13-2;1-8(2)6-5-7-9(3)4;1-8-6-4-3-5-7-9-2;7-6(8,2-1-4-10)9-3-5-11;1-6-4-3-5-7-2;6-4-2-1-3-5-7;4-2-1-3-5/h14-15H,5-9H2,1-4H3;10-11H,5-9H2,1-4H3;3-7,12-13H2,1-2H3;8-9H,5-7H2,1-4H3;3-9H2,1-2H3;1-5H2,10-11H3;3-7H2,1-2H3;1-5H2,6-7H3;1-3H2,4-5H3. The lowest BCUT2D eigenvalue weighted by Gasteiger charge is -2.17. The molecule has 0 aliphatic carbocycles. The largest absolute Gasteiger partial charge is 0.355 e. The Morgan fingerprint density at radius 3 is 0.862 bits per heavy atom. The van der Waals surface area contributed by atoms with E-state index in [1.165, 1.54) is 136 Å². The fourth-order valence-electron chi connectivity index (χ4n) is 7.91. The minimum atomic E-state index is -2.88. The highest BCUT2D eigenvalue weighted by atomic mass is 28.3. The molecule has 0 rings (SSSR count). The lowest BCUT2D eigenvalue weighted by Crippen LogP contribution is -2.23. The quantitative estimate of drug-likeness (QED) is 0.0345. The summed E-state index contributed by atoms with van der Waals surface area (Å²) in [6.07, 6.45) is 11.2. The molecular formula is C60H168F6O3Si18. The van der Waals surface area contributed by atoms with Crippen LogP contribution in [0.15, 0.2) is 0 Å². The van der Waals surface area contributed by atoms with Gasteiger partial charge in [0, 0.05) is 197 Å². The Morgan fingerprint density at radius 2 is 0.529 bits per heavy atom. The normalized spacial score (nSPS) is 12.2. The molecule has 0 heterocycles. The van der Waals surface area contributed by atoms with Crippen LogP contribution in [-0.4, -0.2) is 209 Å². The van der Waals surface area contributed by atoms with Crippen molar-refractivity contribution in [2.24, 2.45) is 0 Å². The van der Waals surface area contributed by atoms with Gasteiger partial charge in [-0.15, -0.1) is 0 Å². The van der Waals surface area contributed by atoms with Crippen LogP contribution in [0.25, 0.3) is 0 Å². The highest BCUT2D eigenvalue weighted by Gasteiger charge is 2.30. The summed E-state index contributed by atoms with van der Waals surface area (Å²) in [7, 11) is 6.73. The summed E-state index contributed by atoms with van der Waals surface area (Å²) in [6.45, 7) is 42.8. The van der Waals surface area contributed by atoms with Gasteiger partial charge < -0.3 is 14.2 Å². The molecule has 0 aromatic rings. The van der Waals surface area contributed by atoms with Crippen LogP contribution in [0.5, 0.6) is 0 Å². The molecule has 0 amide bonds. The number of alkyl halides is 6. The van der Waals surface area contributed by atoms with Gasteiger partial charge in [-0.05, 0) is 37.4 Å². The van der Waals surface area contributed by atoms with Crippen molar-refractivity contribution in [1.29, 1.82) is 0 Å². The second kappa shape index (κ2) is 91.4. The minimum Gasteiger partial charge on any atom is -0.321 e. The highest BCUT2D eigenvalue weighted by Crippen LogP contribution is 2.25. The first-order valence-electron chi connectivity index (χ1n) is 38.0. The van der Waals surface area contributed by atoms with E-state index in [0.29, 0.717) is 57.3 Å². The second-order valence-electron chi connectivity index (χ2n) is 27.2. The van der Waals surface area contributed by atoms with Crippen molar-refractivity contribution in [2.45, 2.75) is 361 Å². The zero-order chi connectivity index (χ0) is 68.9. The van der Waals surface area contributed by atoms with Crippen molar-refractivity contribution < 1.29 is 40.6 Å². The average Bonchev–Trinajstić information content (AvgIpc) is 3.46. The van der Waals surface area contributed by atoms with Crippen LogP contribution < -0.4 is 0 Å². The van der Waals surface area contributed by atoms with Crippen molar-refractivity contribution >= 4 is 171 Å². The molecule has 0 saturated carbocycles. The molecule has 0 aromatic carbocycles. The number of unbranched alkanes of at least 4 members (excludes halogenated alkanes) is 6. The molecule has 0 fully saturated rings. The Bertz CT molecular complexity index is 1080. The lowest BCUT2D eigenvalue weighted by atomic mass is 10.3. The van der Waals surface area contributed by atoms with Gasteiger partial charge in [-0.3, -0.25) is 0 Å². The maximum absolute atomic E-state index is 13.1. The average molecular weight is 1560 g/mol. The molecule has 540 valence electrons. The molecule has 0 aliphatic heterocycles. The van der Waals surface area contributed by atoms with Gasteiger partial charge in [0.1, 0.15) is 0 Å². The van der Waals surface area contributed by atoms with Gasteiger partial charge in [-0.2, -0.15) is 26.3 Å². The van der Waals surface area contributed by atoms with E-state index in [1.54, 1.807) is 54.8 Å². The van der Waals surface area contributed by atoms with Crippen molar-refractivity contribution in [2.75, 3.05) is 19.8 Å². The van der Waals surface area contributed by atoms with Crippen LogP contribution in [0.1, 0.15) is 116 Å². The van der Waals surface area contributed by atoms with E-state index in [-0.39, 0.29) is 93.3 Å². The van der Waals surface area contributed by atoms with Gasteiger partial charge in [0.05, 0.1) is 13.2 Å². The molecular weight excluding hydrogens is 1390 g/mol. The monoisotopic (exact) mass is 1550 g/mol. The predicted molar refractivity (Wildman–Crippen MR) is 462 cm³/mol. The van der Waals surface area contributed by atoms with Crippen LogP contribution >= 0.6 is 0 Å². The third-order valence-corrected chi connectivity index (χ3v) is 34.1. The SMILES string of the molecule is C[SiH2]CCCC(F)(F)OCC[SiH2]C.C[SiH2]CCCCC[SiH2]C.C[SiH2]CCC[SiH2]C.C[SiH](C)CCCC(F)(F)OCC[SiH](C)C.C[SiH](C)CCCCC[SiH](C)C.C[SiH](C)CCC[SiH](C)C.FC(F)(CCC[SiH3])OCC[SiH3].[SiH3]CCCCC[SiH3].[SiH3]CCC[SiH3]. The molecule has 3 nitrogen and oxygen atoms in total. The maximum Gasteiger partial charge on any atom is 0.355 e. The van der Waals surface area contributed by atoms with E-state index >= 15 is 0 Å². The van der Waals surface area contributed by atoms with Gasteiger partial charge >= 0.3 is 18.3 Å². The highest BCUT2D eigenvalue weighted by molar-refractivity contribution is 6.58. The Morgan fingerprint density at radius 1 is 0.253 bits per heavy atom. The zero-order valence-electron chi connectivity index (χ0n) is 64.3. The van der Waals surface area contributed by atoms with Gasteiger partial charge in [-0.1, -0.05) is 286 Å². The fraction of sp³-hybridized carbons (Fsp3) is 1.00. The molecule has 0 unspecified atom stereocenters. The van der Waals surface area contributed by atoms with Crippen LogP contribution in [0, 0.1) is 0 Å². The predicted octanol–water partition coefficient (Wildman–Crippen LogP) is 11.2. The molecule has 87 heavy (non-hydrogen) atoms. The molecule has 0 aromatic heterocycles. The Labute approximate surface area is 587 Å². The number of ether oxygens (including phenoxy) is 3. The molecule has 0 atom stereocenters. The summed E-state index contributed by atoms with van der Waals surface area (Å²) in [5.41, 5.74) is 0. The van der Waals surface area contributed by atoms with Gasteiger partial charge in [0.2, 0.25) is 0 Å². The summed E-state index contributed by atoms with van der Waals surface area (Å²) >= 11 is 0. The summed E-state index contributed by atoms with van der Waals surface area (Å²) in [4.78, 5) is 0. The zero-order valence-corrected chi connectivity index (χ0v) is 91.7. The number of hydrogen-bond donors (Lipinski definition) is 0. The molecule has 27 heteroatoms. The summed E-state index contributed by atoms with van der Waals surface area (Å²) in [5.74, 6) is 0. The van der Waals surface area contributed by atoms with Crippen molar-refractivity contribution in [3.8, 4) is 0 Å². The Kier molecular flexibility index (Phi) is 115. The van der Waals surface area contributed by atoms with E-state index in [4.69, 9.17) is 0 Å². The summed E-state index contributed by atoms with van der Waals surface area (Å²) in [5, 5.41) is 0. The first-order valence-corrected chi connectivity index (χ1v) is 79.8. The first-order chi connectivity index (χ1) is 41.0. The second-order valence-corrected chi connectivity index (χ2v) is 63.7. The molecule has 0 spiro atoms. The smallest absolute Gasteiger partial charge is 0.321 e. The van der Waals surface area contributed by atoms with Crippen LogP contribution in [-0.2, 0) is 14.2 Å². The lowest BCUT2D eigenvalue weighted by molar-refractivity contribution is -0.240. The third-order valence-electron chi connectivity index (χ3n) is 13.9. The molecule has 0 saturated heterocycles. The molecule has 0 N–H and O–H groups in total. The van der Waals surface area contributed by atoms with Gasteiger partial charge in [0.25, 0.3) is 0 Å². The molecule has 0 bridgehead atoms. The summed E-state index contributed by atoms with van der Waals surface area (Å²) < 4.78 is 90.8. The number of hydrogen-bond acceptors (Lipinski definition) is 3. The number of rotatable bonds is 48. The van der Waals surface area contributed by atoms with Crippen LogP contribution in [0.2, 0.25) is 227 Å². The summed E-state index contributed by atoms with van der Waals surface area (Å²) in [6, 6.07) is 24.1. The van der Waals surface area contributed by atoms with E-state index in [2.05, 4.69) is 132 Å². The topological polar surface area (TPSA) is 27.7 Å². The maximum atomic E-state index is 13.1. The van der Waals surface area contributed by atoms with Crippen molar-refractivity contribution in [3.05, 3.63) is 0 Å².